The highest BCUT2D eigenvalue weighted by Gasteiger charge is 2.53. The van der Waals surface area contributed by atoms with E-state index in [2.05, 4.69) is 41.0 Å². The van der Waals surface area contributed by atoms with Gasteiger partial charge in [-0.25, -0.2) is 4.79 Å². The summed E-state index contributed by atoms with van der Waals surface area (Å²) in [6.45, 7) is 5.79. The lowest BCUT2D eigenvalue weighted by molar-refractivity contribution is -0.307. The van der Waals surface area contributed by atoms with Crippen LogP contribution in [0, 0.1) is 5.92 Å². The zero-order valence-corrected chi connectivity index (χ0v) is 18.7. The van der Waals surface area contributed by atoms with Gasteiger partial charge in [0.05, 0.1) is 12.1 Å². The summed E-state index contributed by atoms with van der Waals surface area (Å²) < 4.78 is 12.3. The highest BCUT2D eigenvalue weighted by atomic mass is 16.7. The van der Waals surface area contributed by atoms with Crippen LogP contribution in [-0.4, -0.2) is 24.0 Å². The molecule has 2 aromatic carbocycles. The van der Waals surface area contributed by atoms with E-state index in [1.807, 2.05) is 69.3 Å². The van der Waals surface area contributed by atoms with Gasteiger partial charge in [-0.3, -0.25) is 0 Å². The minimum atomic E-state index is -0.734. The van der Waals surface area contributed by atoms with E-state index in [-0.39, 0.29) is 29.7 Å². The molecule has 0 radical (unpaired) electrons. The number of allylic oxidation sites excluding steroid dienone is 4. The molecule has 1 heterocycles. The Labute approximate surface area is 189 Å². The molecule has 2 amide bonds. The predicted octanol–water partition coefficient (Wildman–Crippen LogP) is 5.47. The van der Waals surface area contributed by atoms with Crippen molar-refractivity contribution >= 4 is 11.7 Å². The van der Waals surface area contributed by atoms with Crippen LogP contribution in [0.5, 0.6) is 0 Å². The molecular formula is C27H30N2O3. The van der Waals surface area contributed by atoms with Crippen molar-refractivity contribution in [2.45, 2.75) is 56.6 Å². The lowest BCUT2D eigenvalue weighted by atomic mass is 9.89. The molecule has 1 aliphatic heterocycles. The first kappa shape index (κ1) is 21.0. The lowest BCUT2D eigenvalue weighted by Crippen LogP contribution is -2.57. The average molecular weight is 431 g/mol. The number of benzene rings is 2. The highest BCUT2D eigenvalue weighted by molar-refractivity contribution is 5.91. The Morgan fingerprint density at radius 3 is 2.53 bits per heavy atom. The average Bonchev–Trinajstić information content (AvgIpc) is 3.52. The van der Waals surface area contributed by atoms with Gasteiger partial charge in [-0.1, -0.05) is 72.8 Å². The Morgan fingerprint density at radius 1 is 1.00 bits per heavy atom. The topological polar surface area (TPSA) is 59.6 Å². The second-order valence-corrected chi connectivity index (χ2v) is 9.44. The molecule has 3 unspecified atom stereocenters. The van der Waals surface area contributed by atoms with E-state index in [1.54, 1.807) is 0 Å². The molecular weight excluding hydrogens is 400 g/mol. The second-order valence-electron chi connectivity index (χ2n) is 9.44. The normalized spacial score (nSPS) is 32.1. The van der Waals surface area contributed by atoms with Gasteiger partial charge in [0.2, 0.25) is 0 Å². The number of para-hydroxylation sites is 1. The van der Waals surface area contributed by atoms with E-state index in [9.17, 15) is 4.79 Å². The quantitative estimate of drug-likeness (QED) is 0.676. The number of amides is 2. The monoisotopic (exact) mass is 430 g/mol. The van der Waals surface area contributed by atoms with Gasteiger partial charge in [0, 0.05) is 11.1 Å². The van der Waals surface area contributed by atoms with Gasteiger partial charge in [0.15, 0.2) is 5.79 Å². The Balaban J connectivity index is 1.36. The zero-order valence-electron chi connectivity index (χ0n) is 18.7. The SMILES string of the molecule is CC1OC(C)(C)O[C@@H](c2ccccc2)[C@H]1NC(=O)Nc1ccccc1C12C=CC=CC1C2. The first-order chi connectivity index (χ1) is 15.4. The van der Waals surface area contributed by atoms with Crippen molar-refractivity contribution in [2.24, 2.45) is 5.92 Å². The van der Waals surface area contributed by atoms with Gasteiger partial charge in [-0.05, 0) is 50.3 Å². The van der Waals surface area contributed by atoms with Crippen LogP contribution in [0.3, 0.4) is 0 Å². The van der Waals surface area contributed by atoms with E-state index >= 15 is 0 Å². The van der Waals surface area contributed by atoms with E-state index in [0.29, 0.717) is 5.92 Å². The lowest BCUT2D eigenvalue weighted by Gasteiger charge is -2.45. The third-order valence-corrected chi connectivity index (χ3v) is 6.72. The molecule has 5 atom stereocenters. The van der Waals surface area contributed by atoms with Gasteiger partial charge in [-0.2, -0.15) is 0 Å². The summed E-state index contributed by atoms with van der Waals surface area (Å²) in [5.74, 6) is -0.231. The molecule has 1 saturated heterocycles. The number of hydrogen-bond acceptors (Lipinski definition) is 3. The number of hydrogen-bond donors (Lipinski definition) is 2. The third-order valence-electron chi connectivity index (χ3n) is 6.72. The van der Waals surface area contributed by atoms with Crippen LogP contribution in [0.4, 0.5) is 10.5 Å². The van der Waals surface area contributed by atoms with Crippen LogP contribution >= 0.6 is 0 Å². The minimum absolute atomic E-state index is 0.000423. The zero-order chi connectivity index (χ0) is 22.3. The number of anilines is 1. The first-order valence-corrected chi connectivity index (χ1v) is 11.3. The third kappa shape index (κ3) is 3.87. The fraction of sp³-hybridized carbons (Fsp3) is 0.370. The molecule has 0 bridgehead atoms. The largest absolute Gasteiger partial charge is 0.345 e. The van der Waals surface area contributed by atoms with Crippen molar-refractivity contribution in [3.63, 3.8) is 0 Å². The Kier molecular flexibility index (Phi) is 5.19. The van der Waals surface area contributed by atoms with Crippen LogP contribution in [0.2, 0.25) is 0 Å². The number of ether oxygens (including phenoxy) is 2. The van der Waals surface area contributed by atoms with Crippen molar-refractivity contribution in [1.82, 2.24) is 5.32 Å². The van der Waals surface area contributed by atoms with E-state index < -0.39 is 5.79 Å². The molecule has 2 aromatic rings. The Morgan fingerprint density at radius 2 is 1.75 bits per heavy atom. The van der Waals surface area contributed by atoms with Crippen molar-refractivity contribution in [3.05, 3.63) is 90.0 Å². The maximum absolute atomic E-state index is 13.2. The highest BCUT2D eigenvalue weighted by Crippen LogP contribution is 2.59. The maximum Gasteiger partial charge on any atom is 0.319 e. The number of nitrogens with one attached hydrogen (secondary N) is 2. The number of urea groups is 1. The number of carbonyl (C=O) groups excluding carboxylic acids is 1. The van der Waals surface area contributed by atoms with Gasteiger partial charge in [0.25, 0.3) is 0 Å². The Hall–Kier alpha value is -2.89. The predicted molar refractivity (Wildman–Crippen MR) is 125 cm³/mol. The summed E-state index contributed by atoms with van der Waals surface area (Å²) >= 11 is 0. The molecule has 166 valence electrons. The molecule has 0 aromatic heterocycles. The van der Waals surface area contributed by atoms with Gasteiger partial charge < -0.3 is 20.1 Å². The fourth-order valence-electron chi connectivity index (χ4n) is 5.15. The maximum atomic E-state index is 13.2. The first-order valence-electron chi connectivity index (χ1n) is 11.3. The van der Waals surface area contributed by atoms with Crippen molar-refractivity contribution in [1.29, 1.82) is 0 Å². The second kappa shape index (κ2) is 7.91. The van der Waals surface area contributed by atoms with E-state index in [0.717, 1.165) is 23.2 Å². The van der Waals surface area contributed by atoms with Crippen LogP contribution in [0.15, 0.2) is 78.9 Å². The summed E-state index contributed by atoms with van der Waals surface area (Å²) in [5, 5.41) is 6.23. The van der Waals surface area contributed by atoms with Crippen molar-refractivity contribution in [2.75, 3.05) is 5.32 Å². The fourth-order valence-corrected chi connectivity index (χ4v) is 5.15. The molecule has 2 fully saturated rings. The molecule has 3 aliphatic rings. The summed E-state index contributed by atoms with van der Waals surface area (Å²) in [6, 6.07) is 17.5. The Bertz CT molecular complexity index is 1060. The molecule has 0 spiro atoms. The van der Waals surface area contributed by atoms with Crippen molar-refractivity contribution < 1.29 is 14.3 Å². The van der Waals surface area contributed by atoms with Crippen LogP contribution in [-0.2, 0) is 14.9 Å². The van der Waals surface area contributed by atoms with Gasteiger partial charge >= 0.3 is 6.03 Å². The van der Waals surface area contributed by atoms with E-state index in [1.165, 1.54) is 0 Å². The molecule has 5 heteroatoms. The number of fused-ring (bicyclic) bond motifs is 1. The summed E-state index contributed by atoms with van der Waals surface area (Å²) in [4.78, 5) is 13.2. The van der Waals surface area contributed by atoms with Gasteiger partial charge in [-0.15, -0.1) is 0 Å². The van der Waals surface area contributed by atoms with E-state index in [4.69, 9.17) is 9.47 Å². The van der Waals surface area contributed by atoms with Crippen LogP contribution in [0.25, 0.3) is 0 Å². The molecule has 5 nitrogen and oxygen atoms in total. The smallest absolute Gasteiger partial charge is 0.319 e. The molecule has 32 heavy (non-hydrogen) atoms. The molecule has 1 saturated carbocycles. The summed E-state index contributed by atoms with van der Waals surface area (Å²) in [6.07, 6.45) is 9.26. The molecule has 5 rings (SSSR count). The van der Waals surface area contributed by atoms with Crippen LogP contribution in [0.1, 0.15) is 44.4 Å². The van der Waals surface area contributed by atoms with Gasteiger partial charge in [0.1, 0.15) is 6.10 Å². The van der Waals surface area contributed by atoms with Crippen LogP contribution < -0.4 is 10.6 Å². The summed E-state index contributed by atoms with van der Waals surface area (Å²) in [7, 11) is 0. The summed E-state index contributed by atoms with van der Waals surface area (Å²) in [5.41, 5.74) is 3.01. The molecule has 2 aliphatic carbocycles. The number of rotatable bonds is 4. The minimum Gasteiger partial charge on any atom is -0.345 e. The van der Waals surface area contributed by atoms with Crippen molar-refractivity contribution in [3.8, 4) is 0 Å². The molecule has 2 N–H and O–H groups in total. The number of carbonyl (C=O) groups is 1. The standard InChI is InChI=1S/C27H30N2O3/c1-18-23(24(32-26(2,3)31-18)19-11-5-4-6-12-19)29-25(30)28-22-15-8-7-14-21(22)27-16-10-9-13-20(27)17-27/h4-16,18,20,23-24H,17H2,1-3H3,(H2,28,29,30)/t18?,20?,23-,24-,27?/m0/s1.